The number of hydrogen-bond donors (Lipinski definition) is 1. The number of likely N-dealkylation sites (N-methyl/N-ethyl adjacent to an activating group) is 1. The van der Waals surface area contributed by atoms with Crippen LogP contribution in [-0.4, -0.2) is 43.0 Å². The fraction of sp³-hybridized carbons (Fsp3) is 0.333. The van der Waals surface area contributed by atoms with E-state index >= 15 is 0 Å². The van der Waals surface area contributed by atoms with Crippen LogP contribution in [0.1, 0.15) is 49.7 Å². The predicted octanol–water partition coefficient (Wildman–Crippen LogP) is 6.57. The highest BCUT2D eigenvalue weighted by molar-refractivity contribution is 7.80. The Balaban J connectivity index is 1.58. The van der Waals surface area contributed by atoms with Crippen molar-refractivity contribution in [3.63, 3.8) is 0 Å². The van der Waals surface area contributed by atoms with Crippen molar-refractivity contribution in [3.05, 3.63) is 88.7 Å². The Morgan fingerprint density at radius 2 is 1.92 bits per heavy atom. The van der Waals surface area contributed by atoms with Crippen LogP contribution in [0, 0.1) is 0 Å². The van der Waals surface area contributed by atoms with Gasteiger partial charge in [0.05, 0.1) is 34.9 Å². The van der Waals surface area contributed by atoms with Crippen molar-refractivity contribution in [3.8, 4) is 5.75 Å². The molecule has 1 saturated heterocycles. The first kappa shape index (κ1) is 26.5. The van der Waals surface area contributed by atoms with E-state index in [-0.39, 0.29) is 17.6 Å². The maximum absolute atomic E-state index is 6.66. The SMILES string of the molecule is COCCOc1ccc(N2C(=S)N[C@@H](c3ccccn3)[C@H]2c2ccc3c(c2)C(C)=CC(C)(C)N3C)cc1Cl. The molecule has 198 valence electrons. The summed E-state index contributed by atoms with van der Waals surface area (Å²) in [6, 6.07) is 18.2. The fourth-order valence-electron chi connectivity index (χ4n) is 5.32. The second-order valence-corrected chi connectivity index (χ2v) is 11.1. The lowest BCUT2D eigenvalue weighted by Crippen LogP contribution is -2.42. The molecule has 1 fully saturated rings. The van der Waals surface area contributed by atoms with Crippen LogP contribution in [0.4, 0.5) is 11.4 Å². The van der Waals surface area contributed by atoms with Crippen molar-refractivity contribution in [1.82, 2.24) is 10.3 Å². The molecular formula is C30H33ClN4O2S. The van der Waals surface area contributed by atoms with E-state index in [1.165, 1.54) is 16.8 Å². The van der Waals surface area contributed by atoms with Crippen LogP contribution in [0.25, 0.3) is 5.57 Å². The number of fused-ring (bicyclic) bond motifs is 1. The fourth-order valence-corrected chi connectivity index (χ4v) is 5.90. The molecule has 0 unspecified atom stereocenters. The van der Waals surface area contributed by atoms with Crippen LogP contribution >= 0.6 is 23.8 Å². The Bertz CT molecular complexity index is 1380. The second kappa shape index (κ2) is 10.6. The third-order valence-electron chi connectivity index (χ3n) is 7.42. The maximum atomic E-state index is 6.66. The minimum atomic E-state index is -0.139. The average molecular weight is 549 g/mol. The molecule has 0 bridgehead atoms. The summed E-state index contributed by atoms with van der Waals surface area (Å²) in [4.78, 5) is 9.14. The molecule has 0 radical (unpaired) electrons. The molecule has 2 aliphatic rings. The van der Waals surface area contributed by atoms with Gasteiger partial charge in [-0.2, -0.15) is 0 Å². The standard InChI is InChI=1S/C30H33ClN4O2S/c1-19-18-30(2,3)34(4)25-11-9-20(16-22(19)25)28-27(24-8-6-7-13-32-24)33-29(38)35(28)21-10-12-26(23(31)17-21)37-15-14-36-5/h6-13,16-18,27-28H,14-15H2,1-5H3,(H,33,38)/t27-,28+/m0/s1. The van der Waals surface area contributed by atoms with Gasteiger partial charge in [-0.3, -0.25) is 4.98 Å². The van der Waals surface area contributed by atoms with Crippen LogP contribution in [0.15, 0.2) is 66.9 Å². The number of ether oxygens (including phenoxy) is 2. The van der Waals surface area contributed by atoms with E-state index in [2.05, 4.69) is 72.2 Å². The number of pyridine rings is 1. The van der Waals surface area contributed by atoms with E-state index in [1.54, 1.807) is 7.11 Å². The van der Waals surface area contributed by atoms with Crippen molar-refractivity contribution >= 4 is 45.9 Å². The number of allylic oxidation sites excluding steroid dienone is 1. The summed E-state index contributed by atoms with van der Waals surface area (Å²) in [6.07, 6.45) is 4.15. The van der Waals surface area contributed by atoms with Crippen LogP contribution in [0.5, 0.6) is 5.75 Å². The number of halogens is 1. The van der Waals surface area contributed by atoms with Crippen molar-refractivity contribution in [2.24, 2.45) is 0 Å². The van der Waals surface area contributed by atoms with Crippen molar-refractivity contribution in [2.45, 2.75) is 38.4 Å². The van der Waals surface area contributed by atoms with Gasteiger partial charge < -0.3 is 24.6 Å². The Hall–Kier alpha value is -3.13. The molecule has 1 aromatic heterocycles. The number of aromatic nitrogens is 1. The van der Waals surface area contributed by atoms with Gasteiger partial charge in [0, 0.05) is 37.3 Å². The maximum Gasteiger partial charge on any atom is 0.174 e. The molecule has 3 aromatic rings. The normalized spacial score (nSPS) is 20.2. The number of nitrogens with one attached hydrogen (secondary N) is 1. The summed E-state index contributed by atoms with van der Waals surface area (Å²) in [6.45, 7) is 7.57. The molecule has 0 spiro atoms. The molecule has 5 rings (SSSR count). The lowest BCUT2D eigenvalue weighted by molar-refractivity contribution is 0.146. The van der Waals surface area contributed by atoms with Gasteiger partial charge in [-0.25, -0.2) is 0 Å². The summed E-state index contributed by atoms with van der Waals surface area (Å²) in [5, 5.41) is 4.68. The zero-order valence-electron chi connectivity index (χ0n) is 22.4. The molecule has 0 amide bonds. The average Bonchev–Trinajstić information content (AvgIpc) is 3.25. The van der Waals surface area contributed by atoms with E-state index in [9.17, 15) is 0 Å². The molecule has 38 heavy (non-hydrogen) atoms. The highest BCUT2D eigenvalue weighted by Crippen LogP contribution is 2.46. The highest BCUT2D eigenvalue weighted by Gasteiger charge is 2.41. The van der Waals surface area contributed by atoms with Crippen LogP contribution < -0.4 is 19.9 Å². The first-order chi connectivity index (χ1) is 18.2. The molecule has 1 N–H and O–H groups in total. The van der Waals surface area contributed by atoms with E-state index in [0.717, 1.165) is 16.9 Å². The van der Waals surface area contributed by atoms with Crippen molar-refractivity contribution < 1.29 is 9.47 Å². The van der Waals surface area contributed by atoms with Gasteiger partial charge in [-0.1, -0.05) is 29.8 Å². The number of thiocarbonyl (C=S) groups is 1. The van der Waals surface area contributed by atoms with Crippen LogP contribution in [0.2, 0.25) is 5.02 Å². The Kier molecular flexibility index (Phi) is 7.36. The lowest BCUT2D eigenvalue weighted by atomic mass is 9.86. The van der Waals surface area contributed by atoms with E-state index in [0.29, 0.717) is 29.1 Å². The third kappa shape index (κ3) is 4.86. The van der Waals surface area contributed by atoms with E-state index < -0.39 is 0 Å². The van der Waals surface area contributed by atoms with Crippen molar-refractivity contribution in [2.75, 3.05) is 37.2 Å². The molecule has 2 atom stereocenters. The lowest BCUT2D eigenvalue weighted by Gasteiger charge is -2.41. The van der Waals surface area contributed by atoms with Crippen molar-refractivity contribution in [1.29, 1.82) is 0 Å². The number of hydrogen-bond acceptors (Lipinski definition) is 5. The smallest absolute Gasteiger partial charge is 0.174 e. The zero-order chi connectivity index (χ0) is 27.0. The topological polar surface area (TPSA) is 49.9 Å². The molecule has 2 aromatic carbocycles. The first-order valence-electron chi connectivity index (χ1n) is 12.7. The number of anilines is 2. The van der Waals surface area contributed by atoms with Gasteiger partial charge >= 0.3 is 0 Å². The largest absolute Gasteiger partial charge is 0.490 e. The summed E-state index contributed by atoms with van der Waals surface area (Å²) >= 11 is 12.6. The molecule has 3 heterocycles. The Labute approximate surface area is 235 Å². The van der Waals surface area contributed by atoms with Crippen LogP contribution in [-0.2, 0) is 4.74 Å². The summed E-state index contributed by atoms with van der Waals surface area (Å²) in [5.74, 6) is 0.614. The number of benzene rings is 2. The number of nitrogens with zero attached hydrogens (tertiary/aromatic N) is 3. The summed E-state index contributed by atoms with van der Waals surface area (Å²) < 4.78 is 10.9. The van der Waals surface area contributed by atoms with Gasteiger partial charge in [0.2, 0.25) is 0 Å². The molecule has 6 nitrogen and oxygen atoms in total. The first-order valence-corrected chi connectivity index (χ1v) is 13.5. The summed E-state index contributed by atoms with van der Waals surface area (Å²) in [7, 11) is 3.79. The number of rotatable bonds is 7. The quantitative estimate of drug-likeness (QED) is 0.265. The molecular weight excluding hydrogens is 516 g/mol. The van der Waals surface area contributed by atoms with E-state index in [1.807, 2.05) is 42.6 Å². The second-order valence-electron chi connectivity index (χ2n) is 10.3. The molecule has 0 aliphatic carbocycles. The van der Waals surface area contributed by atoms with E-state index in [4.69, 9.17) is 33.3 Å². The number of methoxy groups -OCH3 is 1. The van der Waals surface area contributed by atoms with Gasteiger partial charge in [-0.15, -0.1) is 0 Å². The Morgan fingerprint density at radius 1 is 1.11 bits per heavy atom. The Morgan fingerprint density at radius 3 is 2.63 bits per heavy atom. The van der Waals surface area contributed by atoms with Crippen LogP contribution in [0.3, 0.4) is 0 Å². The molecule has 8 heteroatoms. The van der Waals surface area contributed by atoms with Gasteiger partial charge in [0.15, 0.2) is 5.11 Å². The summed E-state index contributed by atoms with van der Waals surface area (Å²) in [5.41, 5.74) is 6.61. The monoisotopic (exact) mass is 548 g/mol. The zero-order valence-corrected chi connectivity index (χ0v) is 23.9. The highest BCUT2D eigenvalue weighted by atomic mass is 35.5. The molecule has 2 aliphatic heterocycles. The third-order valence-corrected chi connectivity index (χ3v) is 8.03. The minimum absolute atomic E-state index is 0.0541. The predicted molar refractivity (Wildman–Crippen MR) is 159 cm³/mol. The van der Waals surface area contributed by atoms with Gasteiger partial charge in [0.25, 0.3) is 0 Å². The van der Waals surface area contributed by atoms with Gasteiger partial charge in [0.1, 0.15) is 12.4 Å². The molecule has 0 saturated carbocycles. The minimum Gasteiger partial charge on any atom is -0.490 e. The van der Waals surface area contributed by atoms with Gasteiger partial charge in [-0.05, 0) is 86.6 Å².